The van der Waals surface area contributed by atoms with Gasteiger partial charge in [-0.1, -0.05) is 6.42 Å². The number of hydrogen-bond donors (Lipinski definition) is 0. The van der Waals surface area contributed by atoms with Gasteiger partial charge in [-0.15, -0.1) is 0 Å². The summed E-state index contributed by atoms with van der Waals surface area (Å²) in [5.41, 5.74) is 1.13. The predicted octanol–water partition coefficient (Wildman–Crippen LogP) is 3.92. The maximum Gasteiger partial charge on any atom is 0.127 e. The third-order valence-corrected chi connectivity index (χ3v) is 5.42. The number of halogens is 1. The summed E-state index contributed by atoms with van der Waals surface area (Å²) >= 11 is 0. The van der Waals surface area contributed by atoms with Gasteiger partial charge in [-0.25, -0.2) is 4.39 Å². The summed E-state index contributed by atoms with van der Waals surface area (Å²) < 4.78 is 19.1. The molecule has 2 unspecified atom stereocenters. The number of methoxy groups -OCH3 is 1. The van der Waals surface area contributed by atoms with E-state index < -0.39 is 0 Å². The summed E-state index contributed by atoms with van der Waals surface area (Å²) in [6.45, 7) is 1.10. The van der Waals surface area contributed by atoms with E-state index in [-0.39, 0.29) is 5.82 Å². The van der Waals surface area contributed by atoms with Gasteiger partial charge >= 0.3 is 0 Å². The van der Waals surface area contributed by atoms with Crippen LogP contribution in [-0.2, 0) is 0 Å². The molecule has 2 aliphatic carbocycles. The Hall–Kier alpha value is -1.09. The van der Waals surface area contributed by atoms with Crippen LogP contribution in [0.3, 0.4) is 0 Å². The normalized spacial score (nSPS) is 31.7. The molecule has 2 nitrogen and oxygen atoms in total. The highest BCUT2D eigenvalue weighted by atomic mass is 19.1. The molecule has 2 fully saturated rings. The SMILES string of the molecule is COc1cc(F)cc([C@@H]2CC3CCC(C3)[C@@H]2CN(C)C)c1. The molecule has 0 spiro atoms. The number of nitrogens with zero attached hydrogens (tertiary/aromatic N) is 1. The van der Waals surface area contributed by atoms with Gasteiger partial charge in [0, 0.05) is 12.6 Å². The van der Waals surface area contributed by atoms with Crippen molar-refractivity contribution in [1.82, 2.24) is 4.90 Å². The molecule has 21 heavy (non-hydrogen) atoms. The second-order valence-electron chi connectivity index (χ2n) is 7.13. The van der Waals surface area contributed by atoms with E-state index in [9.17, 15) is 4.39 Å². The third kappa shape index (κ3) is 3.08. The van der Waals surface area contributed by atoms with Gasteiger partial charge in [0.25, 0.3) is 0 Å². The first-order valence-electron chi connectivity index (χ1n) is 8.06. The molecular weight excluding hydrogens is 265 g/mol. The van der Waals surface area contributed by atoms with Gasteiger partial charge in [-0.05, 0) is 74.7 Å². The predicted molar refractivity (Wildman–Crippen MR) is 83.2 cm³/mol. The van der Waals surface area contributed by atoms with Crippen molar-refractivity contribution in [2.24, 2.45) is 17.8 Å². The highest BCUT2D eigenvalue weighted by molar-refractivity contribution is 5.33. The third-order valence-electron chi connectivity index (χ3n) is 5.42. The van der Waals surface area contributed by atoms with Crippen LogP contribution in [0.5, 0.6) is 5.75 Å². The largest absolute Gasteiger partial charge is 0.497 e. The lowest BCUT2D eigenvalue weighted by Crippen LogP contribution is -2.34. The van der Waals surface area contributed by atoms with E-state index in [4.69, 9.17) is 4.74 Å². The molecule has 2 bridgehead atoms. The highest BCUT2D eigenvalue weighted by Crippen LogP contribution is 2.52. The number of ether oxygens (including phenoxy) is 1. The van der Waals surface area contributed by atoms with E-state index in [0.717, 1.165) is 23.9 Å². The van der Waals surface area contributed by atoms with Crippen LogP contribution in [0.15, 0.2) is 18.2 Å². The van der Waals surface area contributed by atoms with Gasteiger partial charge in [-0.3, -0.25) is 0 Å². The molecule has 2 aliphatic rings. The van der Waals surface area contributed by atoms with E-state index >= 15 is 0 Å². The molecule has 0 aliphatic heterocycles. The Morgan fingerprint density at radius 3 is 2.71 bits per heavy atom. The molecular formula is C18H26FNO. The molecule has 3 rings (SSSR count). The minimum Gasteiger partial charge on any atom is -0.497 e. The van der Waals surface area contributed by atoms with Crippen molar-refractivity contribution in [3.05, 3.63) is 29.6 Å². The zero-order valence-electron chi connectivity index (χ0n) is 13.3. The van der Waals surface area contributed by atoms with Crippen LogP contribution in [0.25, 0.3) is 0 Å². The van der Waals surface area contributed by atoms with Crippen molar-refractivity contribution in [3.63, 3.8) is 0 Å². The van der Waals surface area contributed by atoms with Crippen LogP contribution in [0, 0.1) is 23.6 Å². The van der Waals surface area contributed by atoms with Crippen LogP contribution in [0.4, 0.5) is 4.39 Å². The first kappa shape index (κ1) is 14.8. The molecule has 3 heteroatoms. The quantitative estimate of drug-likeness (QED) is 0.834. The number of fused-ring (bicyclic) bond motifs is 2. The van der Waals surface area contributed by atoms with E-state index in [2.05, 4.69) is 19.0 Å². The standard InChI is InChI=1S/C18H26FNO/c1-20(2)11-18-13-5-4-12(6-13)7-17(18)14-8-15(19)10-16(9-14)21-3/h8-10,12-13,17-18H,4-7,11H2,1-3H3/t12?,13?,17-,18-/m0/s1. The van der Waals surface area contributed by atoms with Crippen LogP contribution in [-0.4, -0.2) is 32.6 Å². The summed E-state index contributed by atoms with van der Waals surface area (Å²) in [5.74, 6) is 3.24. The zero-order chi connectivity index (χ0) is 15.0. The maximum atomic E-state index is 13.9. The molecule has 0 radical (unpaired) electrons. The van der Waals surface area contributed by atoms with Crippen LogP contribution in [0.1, 0.15) is 37.2 Å². The maximum absolute atomic E-state index is 13.9. The molecule has 0 amide bonds. The Labute approximate surface area is 127 Å². The van der Waals surface area contributed by atoms with Gasteiger partial charge in [0.05, 0.1) is 7.11 Å². The lowest BCUT2D eigenvalue weighted by molar-refractivity contribution is 0.164. The molecule has 0 saturated heterocycles. The van der Waals surface area contributed by atoms with E-state index in [1.807, 2.05) is 6.07 Å². The molecule has 0 N–H and O–H groups in total. The fourth-order valence-electron chi connectivity index (χ4n) is 4.58. The molecule has 1 aromatic rings. The number of rotatable bonds is 4. The van der Waals surface area contributed by atoms with Gasteiger partial charge in [0.1, 0.15) is 11.6 Å². The Bertz CT molecular complexity index is 502. The molecule has 1 aromatic carbocycles. The van der Waals surface area contributed by atoms with Gasteiger partial charge in [0.15, 0.2) is 0 Å². The molecule has 2 saturated carbocycles. The second kappa shape index (κ2) is 5.96. The Kier molecular flexibility index (Phi) is 4.21. The summed E-state index contributed by atoms with van der Waals surface area (Å²) in [6, 6.07) is 5.24. The minimum absolute atomic E-state index is 0.175. The zero-order valence-corrected chi connectivity index (χ0v) is 13.3. The summed E-state index contributed by atoms with van der Waals surface area (Å²) in [4.78, 5) is 2.28. The minimum atomic E-state index is -0.175. The average Bonchev–Trinajstić information content (AvgIpc) is 2.83. The van der Waals surface area contributed by atoms with E-state index in [0.29, 0.717) is 17.6 Å². The lowest BCUT2D eigenvalue weighted by atomic mass is 9.69. The fraction of sp³-hybridized carbons (Fsp3) is 0.667. The second-order valence-corrected chi connectivity index (χ2v) is 7.13. The lowest BCUT2D eigenvalue weighted by Gasteiger charge is -2.38. The Balaban J connectivity index is 1.92. The molecule has 116 valence electrons. The first-order valence-corrected chi connectivity index (χ1v) is 8.06. The highest BCUT2D eigenvalue weighted by Gasteiger charge is 2.42. The smallest absolute Gasteiger partial charge is 0.127 e. The van der Waals surface area contributed by atoms with Crippen LogP contribution >= 0.6 is 0 Å². The molecule has 4 atom stereocenters. The topological polar surface area (TPSA) is 12.5 Å². The van der Waals surface area contributed by atoms with Crippen molar-refractivity contribution in [3.8, 4) is 5.75 Å². The Morgan fingerprint density at radius 1 is 1.19 bits per heavy atom. The van der Waals surface area contributed by atoms with Crippen LogP contribution in [0.2, 0.25) is 0 Å². The fourth-order valence-corrected chi connectivity index (χ4v) is 4.58. The summed E-state index contributed by atoms with van der Waals surface area (Å²) in [6.07, 6.45) is 5.30. The van der Waals surface area contributed by atoms with Crippen molar-refractivity contribution in [2.45, 2.75) is 31.6 Å². The van der Waals surface area contributed by atoms with E-state index in [1.54, 1.807) is 13.2 Å². The van der Waals surface area contributed by atoms with E-state index in [1.165, 1.54) is 31.7 Å². The number of hydrogen-bond acceptors (Lipinski definition) is 2. The van der Waals surface area contributed by atoms with Crippen molar-refractivity contribution < 1.29 is 9.13 Å². The van der Waals surface area contributed by atoms with Crippen molar-refractivity contribution in [1.29, 1.82) is 0 Å². The average molecular weight is 291 g/mol. The molecule has 0 aromatic heterocycles. The summed E-state index contributed by atoms with van der Waals surface area (Å²) in [5, 5.41) is 0. The van der Waals surface area contributed by atoms with Gasteiger partial charge < -0.3 is 9.64 Å². The monoisotopic (exact) mass is 291 g/mol. The Morgan fingerprint density at radius 2 is 2.00 bits per heavy atom. The number of benzene rings is 1. The van der Waals surface area contributed by atoms with Gasteiger partial charge in [0.2, 0.25) is 0 Å². The van der Waals surface area contributed by atoms with Crippen molar-refractivity contribution in [2.75, 3.05) is 27.7 Å². The van der Waals surface area contributed by atoms with Crippen LogP contribution < -0.4 is 4.74 Å². The first-order chi connectivity index (χ1) is 10.1. The van der Waals surface area contributed by atoms with Gasteiger partial charge in [-0.2, -0.15) is 0 Å². The summed E-state index contributed by atoms with van der Waals surface area (Å²) in [7, 11) is 5.90. The van der Waals surface area contributed by atoms with Crippen molar-refractivity contribution >= 4 is 0 Å². The molecule has 0 heterocycles.